The minimum absolute atomic E-state index is 0.0886. The molecule has 0 aliphatic carbocycles. The number of aliphatic hydroxyl groups is 1. The molecule has 28 heavy (non-hydrogen) atoms. The van der Waals surface area contributed by atoms with Crippen LogP contribution in [0.4, 0.5) is 5.69 Å². The number of thioether (sulfide) groups is 1. The summed E-state index contributed by atoms with van der Waals surface area (Å²) >= 11 is 1.18. The van der Waals surface area contributed by atoms with Gasteiger partial charge in [-0.1, -0.05) is 12.1 Å². The van der Waals surface area contributed by atoms with Crippen molar-refractivity contribution >= 4 is 34.8 Å². The maximum absolute atomic E-state index is 13.2. The van der Waals surface area contributed by atoms with Gasteiger partial charge >= 0.3 is 0 Å². The molecule has 0 fully saturated rings. The lowest BCUT2D eigenvalue weighted by atomic mass is 10.1. The molecule has 2 amide bonds. The Balaban J connectivity index is 1.99. The Morgan fingerprint density at radius 2 is 1.61 bits per heavy atom. The highest BCUT2D eigenvalue weighted by Crippen LogP contribution is 2.39. The van der Waals surface area contributed by atoms with E-state index in [4.69, 9.17) is 9.47 Å². The average molecular weight is 399 g/mol. The van der Waals surface area contributed by atoms with Crippen LogP contribution in [0.3, 0.4) is 0 Å². The highest BCUT2D eigenvalue weighted by atomic mass is 32.2. The second kappa shape index (κ2) is 8.95. The van der Waals surface area contributed by atoms with Crippen molar-refractivity contribution in [1.29, 1.82) is 0 Å². The van der Waals surface area contributed by atoms with Crippen molar-refractivity contribution < 1.29 is 24.2 Å². The summed E-state index contributed by atoms with van der Waals surface area (Å²) in [6, 6.07) is 13.8. The molecule has 1 heterocycles. The molecule has 0 radical (unpaired) electrons. The quantitative estimate of drug-likeness (QED) is 0.688. The molecule has 2 aromatic carbocycles. The molecule has 146 valence electrons. The number of imide groups is 1. The van der Waals surface area contributed by atoms with Crippen molar-refractivity contribution in [3.63, 3.8) is 0 Å². The lowest BCUT2D eigenvalue weighted by Gasteiger charge is -2.15. The van der Waals surface area contributed by atoms with Gasteiger partial charge in [0.05, 0.1) is 36.5 Å². The van der Waals surface area contributed by atoms with Crippen molar-refractivity contribution in [3.05, 3.63) is 59.0 Å². The van der Waals surface area contributed by atoms with Crippen LogP contribution in [0.1, 0.15) is 12.5 Å². The normalized spacial score (nSPS) is 14.0. The van der Waals surface area contributed by atoms with Gasteiger partial charge in [0, 0.05) is 5.75 Å². The summed E-state index contributed by atoms with van der Waals surface area (Å²) in [5, 5.41) is 9.19. The molecule has 6 nitrogen and oxygen atoms in total. The first kappa shape index (κ1) is 20.0. The van der Waals surface area contributed by atoms with Crippen LogP contribution in [0.5, 0.6) is 11.5 Å². The molecule has 1 N–H and O–H groups in total. The minimum Gasteiger partial charge on any atom is -0.497 e. The number of methoxy groups -OCH3 is 1. The molecule has 3 rings (SSSR count). The van der Waals surface area contributed by atoms with E-state index in [-0.39, 0.29) is 12.5 Å². The zero-order valence-corrected chi connectivity index (χ0v) is 16.5. The summed E-state index contributed by atoms with van der Waals surface area (Å²) < 4.78 is 10.6. The lowest BCUT2D eigenvalue weighted by molar-refractivity contribution is -0.119. The van der Waals surface area contributed by atoms with Crippen LogP contribution in [0.25, 0.3) is 5.57 Å². The summed E-state index contributed by atoms with van der Waals surface area (Å²) in [6.45, 7) is 2.35. The smallest absolute Gasteiger partial charge is 0.272 e. The molecular weight excluding hydrogens is 378 g/mol. The number of anilines is 1. The van der Waals surface area contributed by atoms with Crippen molar-refractivity contribution in [2.45, 2.75) is 6.92 Å². The molecule has 0 saturated carbocycles. The number of carbonyl (C=O) groups is 2. The third kappa shape index (κ3) is 3.90. The summed E-state index contributed by atoms with van der Waals surface area (Å²) in [4.78, 5) is 27.7. The molecule has 1 aliphatic heterocycles. The Morgan fingerprint density at radius 1 is 0.964 bits per heavy atom. The Kier molecular flexibility index (Phi) is 6.38. The van der Waals surface area contributed by atoms with Crippen molar-refractivity contribution in [1.82, 2.24) is 0 Å². The van der Waals surface area contributed by atoms with E-state index in [9.17, 15) is 14.7 Å². The number of nitrogens with zero attached hydrogens (tertiary/aromatic N) is 1. The summed E-state index contributed by atoms with van der Waals surface area (Å²) in [5.41, 5.74) is 1.44. The molecule has 1 aliphatic rings. The first-order valence-electron chi connectivity index (χ1n) is 8.84. The van der Waals surface area contributed by atoms with Crippen molar-refractivity contribution in [3.8, 4) is 11.5 Å². The predicted molar refractivity (Wildman–Crippen MR) is 110 cm³/mol. The molecule has 0 bridgehead atoms. The number of ether oxygens (including phenoxy) is 2. The third-order valence-corrected chi connectivity index (χ3v) is 5.22. The molecule has 0 saturated heterocycles. The van der Waals surface area contributed by atoms with E-state index >= 15 is 0 Å². The van der Waals surface area contributed by atoms with E-state index in [1.807, 2.05) is 6.92 Å². The molecule has 7 heteroatoms. The fourth-order valence-corrected chi connectivity index (χ4v) is 3.76. The Labute approximate surface area is 167 Å². The Hall–Kier alpha value is -2.77. The van der Waals surface area contributed by atoms with E-state index in [1.54, 1.807) is 55.6 Å². The number of hydrogen-bond donors (Lipinski definition) is 1. The van der Waals surface area contributed by atoms with Crippen LogP contribution in [0, 0.1) is 0 Å². The summed E-state index contributed by atoms with van der Waals surface area (Å²) in [6.07, 6.45) is 0. The Bertz CT molecular complexity index is 890. The maximum atomic E-state index is 13.2. The van der Waals surface area contributed by atoms with Gasteiger partial charge in [-0.3, -0.25) is 9.59 Å². The molecule has 2 aromatic rings. The number of aliphatic hydroxyl groups excluding tert-OH is 1. The van der Waals surface area contributed by atoms with Gasteiger partial charge in [0.15, 0.2) is 0 Å². The van der Waals surface area contributed by atoms with Gasteiger partial charge in [-0.25, -0.2) is 4.90 Å². The Morgan fingerprint density at radius 3 is 2.18 bits per heavy atom. The van der Waals surface area contributed by atoms with Crippen LogP contribution < -0.4 is 14.4 Å². The number of carbonyl (C=O) groups excluding carboxylic acids is 2. The fraction of sp³-hybridized carbons (Fsp3) is 0.238. The van der Waals surface area contributed by atoms with Crippen LogP contribution in [-0.2, 0) is 9.59 Å². The summed E-state index contributed by atoms with van der Waals surface area (Å²) in [7, 11) is 1.55. The van der Waals surface area contributed by atoms with Gasteiger partial charge in [-0.2, -0.15) is 0 Å². The second-order valence-corrected chi connectivity index (χ2v) is 6.98. The van der Waals surface area contributed by atoms with Crippen LogP contribution in [0.15, 0.2) is 53.4 Å². The predicted octanol–water partition coefficient (Wildman–Crippen LogP) is 3.10. The molecule has 0 atom stereocenters. The third-order valence-electron chi connectivity index (χ3n) is 4.16. The van der Waals surface area contributed by atoms with E-state index in [1.165, 1.54) is 11.8 Å². The molecule has 0 spiro atoms. The first-order valence-corrected chi connectivity index (χ1v) is 9.83. The maximum Gasteiger partial charge on any atom is 0.272 e. The van der Waals surface area contributed by atoms with Crippen molar-refractivity contribution in [2.24, 2.45) is 0 Å². The SMILES string of the molecule is CCOc1ccc(C2=C(SCCO)C(=O)N(c3ccc(OC)cc3)C2=O)cc1. The van der Waals surface area contributed by atoms with Gasteiger partial charge in [-0.05, 0) is 48.9 Å². The number of amides is 2. The highest BCUT2D eigenvalue weighted by Gasteiger charge is 2.40. The summed E-state index contributed by atoms with van der Waals surface area (Å²) in [5.74, 6) is 0.876. The average Bonchev–Trinajstić information content (AvgIpc) is 2.97. The zero-order chi connectivity index (χ0) is 20.1. The number of rotatable bonds is 8. The van der Waals surface area contributed by atoms with Gasteiger partial charge in [0.25, 0.3) is 11.8 Å². The lowest BCUT2D eigenvalue weighted by Crippen LogP contribution is -2.31. The first-order chi connectivity index (χ1) is 13.6. The molecule has 0 aromatic heterocycles. The van der Waals surface area contributed by atoms with Gasteiger partial charge < -0.3 is 14.6 Å². The molecule has 0 unspecified atom stereocenters. The van der Waals surface area contributed by atoms with E-state index < -0.39 is 5.91 Å². The van der Waals surface area contributed by atoms with Crippen LogP contribution >= 0.6 is 11.8 Å². The topological polar surface area (TPSA) is 76.1 Å². The monoisotopic (exact) mass is 399 g/mol. The van der Waals surface area contributed by atoms with Crippen LogP contribution in [0.2, 0.25) is 0 Å². The van der Waals surface area contributed by atoms with E-state index in [2.05, 4.69) is 0 Å². The van der Waals surface area contributed by atoms with E-state index in [0.29, 0.717) is 45.6 Å². The second-order valence-electron chi connectivity index (χ2n) is 5.88. The van der Waals surface area contributed by atoms with Gasteiger partial charge in [0.2, 0.25) is 0 Å². The van der Waals surface area contributed by atoms with Gasteiger partial charge in [-0.15, -0.1) is 11.8 Å². The minimum atomic E-state index is -0.391. The number of hydrogen-bond acceptors (Lipinski definition) is 6. The van der Waals surface area contributed by atoms with E-state index in [0.717, 1.165) is 4.90 Å². The molecular formula is C21H21NO5S. The number of benzene rings is 2. The van der Waals surface area contributed by atoms with Crippen molar-refractivity contribution in [2.75, 3.05) is 31.0 Å². The zero-order valence-electron chi connectivity index (χ0n) is 15.7. The highest BCUT2D eigenvalue weighted by molar-refractivity contribution is 8.04. The fourth-order valence-electron chi connectivity index (χ4n) is 2.90. The largest absolute Gasteiger partial charge is 0.497 e. The van der Waals surface area contributed by atoms with Gasteiger partial charge in [0.1, 0.15) is 11.5 Å². The van der Waals surface area contributed by atoms with Crippen LogP contribution in [-0.4, -0.2) is 43.0 Å². The standard InChI is InChI=1S/C21H21NO5S/c1-3-27-17-8-4-14(5-9-17)18-19(28-13-12-23)21(25)22(20(18)24)15-6-10-16(26-2)11-7-15/h4-11,23H,3,12-13H2,1-2H3.